The molecular weight excluding hydrogens is 462 g/mol. The number of carbonyl (C=O) groups excluding carboxylic acids is 1. The SMILES string of the molecule is Cc1ccc(Nc2nc(Nc3ccc(C)cc3C)nc(N[C@@H](C)C(=O)NCc3ccccc3)n2)c(C)c1. The molecule has 0 radical (unpaired) electrons. The molecule has 8 nitrogen and oxygen atoms in total. The lowest BCUT2D eigenvalue weighted by molar-refractivity contribution is -0.121. The number of carbonyl (C=O) groups is 1. The van der Waals surface area contributed by atoms with Crippen LogP contribution in [0, 0.1) is 27.7 Å². The van der Waals surface area contributed by atoms with Crippen molar-refractivity contribution in [3.05, 3.63) is 94.5 Å². The first-order chi connectivity index (χ1) is 17.8. The van der Waals surface area contributed by atoms with Crippen LogP contribution in [0.1, 0.15) is 34.7 Å². The minimum Gasteiger partial charge on any atom is -0.350 e. The van der Waals surface area contributed by atoms with E-state index in [9.17, 15) is 4.79 Å². The van der Waals surface area contributed by atoms with Gasteiger partial charge in [0.15, 0.2) is 0 Å². The second kappa shape index (κ2) is 11.5. The van der Waals surface area contributed by atoms with Crippen molar-refractivity contribution in [2.45, 2.75) is 47.2 Å². The molecule has 1 amide bonds. The van der Waals surface area contributed by atoms with Gasteiger partial charge in [-0.1, -0.05) is 65.7 Å². The molecule has 0 spiro atoms. The Hall–Kier alpha value is -4.46. The fourth-order valence-corrected chi connectivity index (χ4v) is 3.90. The third-order valence-corrected chi connectivity index (χ3v) is 5.94. The van der Waals surface area contributed by atoms with Crippen LogP contribution < -0.4 is 21.3 Å². The second-order valence-corrected chi connectivity index (χ2v) is 9.26. The number of nitrogens with one attached hydrogen (secondary N) is 4. The van der Waals surface area contributed by atoms with Crippen LogP contribution in [-0.4, -0.2) is 26.9 Å². The van der Waals surface area contributed by atoms with Crippen LogP contribution in [0.15, 0.2) is 66.7 Å². The number of hydrogen-bond donors (Lipinski definition) is 4. The lowest BCUT2D eigenvalue weighted by Crippen LogP contribution is -2.37. The van der Waals surface area contributed by atoms with Gasteiger partial charge >= 0.3 is 0 Å². The van der Waals surface area contributed by atoms with Crippen LogP contribution in [0.4, 0.5) is 29.2 Å². The van der Waals surface area contributed by atoms with Gasteiger partial charge in [0.2, 0.25) is 23.8 Å². The maximum atomic E-state index is 12.7. The Balaban J connectivity index is 1.56. The van der Waals surface area contributed by atoms with Crippen LogP contribution in [0.3, 0.4) is 0 Å². The maximum absolute atomic E-state index is 12.7. The van der Waals surface area contributed by atoms with E-state index in [4.69, 9.17) is 0 Å². The van der Waals surface area contributed by atoms with E-state index in [1.165, 1.54) is 11.1 Å². The molecule has 0 saturated carbocycles. The van der Waals surface area contributed by atoms with Crippen LogP contribution in [0.5, 0.6) is 0 Å². The Morgan fingerprint density at radius 1 is 0.730 bits per heavy atom. The standard InChI is InChI=1S/C29H33N7O/c1-18-11-13-24(20(3)15-18)32-28-34-27(31-22(5)26(37)30-17-23-9-7-6-8-10-23)35-29(36-28)33-25-14-12-19(2)16-21(25)4/h6-16,22H,17H2,1-5H3,(H,30,37)(H3,31,32,33,34,35,36)/t22-/m0/s1. The van der Waals surface area contributed by atoms with Gasteiger partial charge in [-0.05, 0) is 63.4 Å². The summed E-state index contributed by atoms with van der Waals surface area (Å²) >= 11 is 0. The molecule has 3 aromatic carbocycles. The third-order valence-electron chi connectivity index (χ3n) is 5.94. The first kappa shape index (κ1) is 25.6. The van der Waals surface area contributed by atoms with E-state index in [-0.39, 0.29) is 11.9 Å². The lowest BCUT2D eigenvalue weighted by Gasteiger charge is -2.17. The molecule has 4 N–H and O–H groups in total. The van der Waals surface area contributed by atoms with Gasteiger partial charge < -0.3 is 21.3 Å². The zero-order chi connectivity index (χ0) is 26.4. The van der Waals surface area contributed by atoms with Crippen molar-refractivity contribution in [3.63, 3.8) is 0 Å². The molecule has 4 aromatic rings. The van der Waals surface area contributed by atoms with Crippen LogP contribution in [0.25, 0.3) is 0 Å². The Morgan fingerprint density at radius 2 is 1.24 bits per heavy atom. The highest BCUT2D eigenvalue weighted by Gasteiger charge is 2.16. The molecule has 0 unspecified atom stereocenters. The second-order valence-electron chi connectivity index (χ2n) is 9.26. The van der Waals surface area contributed by atoms with Gasteiger partial charge in [-0.25, -0.2) is 0 Å². The number of rotatable bonds is 9. The van der Waals surface area contributed by atoms with Crippen molar-refractivity contribution in [2.75, 3.05) is 16.0 Å². The van der Waals surface area contributed by atoms with Crippen molar-refractivity contribution in [3.8, 4) is 0 Å². The molecular formula is C29H33N7O. The molecule has 0 aliphatic rings. The largest absolute Gasteiger partial charge is 0.350 e. The average Bonchev–Trinajstić information content (AvgIpc) is 2.86. The summed E-state index contributed by atoms with van der Waals surface area (Å²) in [5.74, 6) is 0.871. The first-order valence-electron chi connectivity index (χ1n) is 12.3. The van der Waals surface area contributed by atoms with E-state index < -0.39 is 6.04 Å². The monoisotopic (exact) mass is 495 g/mol. The van der Waals surface area contributed by atoms with Crippen LogP contribution in [0.2, 0.25) is 0 Å². The Labute approximate surface area is 218 Å². The highest BCUT2D eigenvalue weighted by molar-refractivity contribution is 5.83. The number of amides is 1. The minimum absolute atomic E-state index is 0.156. The Kier molecular flexibility index (Phi) is 7.98. The van der Waals surface area contributed by atoms with Gasteiger partial charge in [-0.3, -0.25) is 4.79 Å². The molecule has 1 atom stereocenters. The average molecular weight is 496 g/mol. The number of benzene rings is 3. The Morgan fingerprint density at radius 3 is 1.76 bits per heavy atom. The van der Waals surface area contributed by atoms with Crippen LogP contribution in [-0.2, 0) is 11.3 Å². The number of aromatic nitrogens is 3. The Bertz CT molecular complexity index is 1320. The predicted octanol–water partition coefficient (Wildman–Crippen LogP) is 5.71. The van der Waals surface area contributed by atoms with Gasteiger partial charge in [0.1, 0.15) is 6.04 Å². The van der Waals surface area contributed by atoms with Gasteiger partial charge in [0.05, 0.1) is 0 Å². The number of nitrogens with zero attached hydrogens (tertiary/aromatic N) is 3. The summed E-state index contributed by atoms with van der Waals surface area (Å²) in [6.45, 7) is 10.4. The highest BCUT2D eigenvalue weighted by Crippen LogP contribution is 2.24. The summed E-state index contributed by atoms with van der Waals surface area (Å²) in [6.07, 6.45) is 0. The molecule has 1 heterocycles. The number of anilines is 5. The van der Waals surface area contributed by atoms with E-state index in [1.54, 1.807) is 6.92 Å². The summed E-state index contributed by atoms with van der Waals surface area (Å²) in [5.41, 5.74) is 7.33. The molecule has 190 valence electrons. The third kappa shape index (κ3) is 7.04. The molecule has 0 aliphatic heterocycles. The summed E-state index contributed by atoms with van der Waals surface area (Å²) < 4.78 is 0. The zero-order valence-electron chi connectivity index (χ0n) is 21.9. The molecule has 0 saturated heterocycles. The molecule has 0 bridgehead atoms. The number of hydrogen-bond acceptors (Lipinski definition) is 7. The van der Waals surface area contributed by atoms with Crippen molar-refractivity contribution < 1.29 is 4.79 Å². The van der Waals surface area contributed by atoms with Gasteiger partial charge in [-0.2, -0.15) is 15.0 Å². The fourth-order valence-electron chi connectivity index (χ4n) is 3.90. The van der Waals surface area contributed by atoms with E-state index in [1.807, 2.05) is 68.4 Å². The molecule has 37 heavy (non-hydrogen) atoms. The smallest absolute Gasteiger partial charge is 0.242 e. The van der Waals surface area contributed by atoms with E-state index in [0.717, 1.165) is 28.1 Å². The van der Waals surface area contributed by atoms with E-state index in [0.29, 0.717) is 18.4 Å². The van der Waals surface area contributed by atoms with Crippen molar-refractivity contribution in [1.82, 2.24) is 20.3 Å². The maximum Gasteiger partial charge on any atom is 0.242 e. The topological polar surface area (TPSA) is 104 Å². The summed E-state index contributed by atoms with van der Waals surface area (Å²) in [7, 11) is 0. The summed E-state index contributed by atoms with van der Waals surface area (Å²) in [4.78, 5) is 26.4. The quantitative estimate of drug-likeness (QED) is 0.236. The summed E-state index contributed by atoms with van der Waals surface area (Å²) in [5, 5.41) is 12.7. The van der Waals surface area contributed by atoms with Crippen molar-refractivity contribution >= 4 is 35.1 Å². The van der Waals surface area contributed by atoms with Gasteiger partial charge in [0.25, 0.3) is 0 Å². The molecule has 1 aromatic heterocycles. The predicted molar refractivity (Wildman–Crippen MR) is 150 cm³/mol. The molecule has 8 heteroatoms. The van der Waals surface area contributed by atoms with Gasteiger partial charge in [0, 0.05) is 17.9 Å². The molecule has 0 fully saturated rings. The normalized spacial score (nSPS) is 11.5. The van der Waals surface area contributed by atoms with E-state index >= 15 is 0 Å². The van der Waals surface area contributed by atoms with E-state index in [2.05, 4.69) is 62.2 Å². The number of aryl methyl sites for hydroxylation is 4. The van der Waals surface area contributed by atoms with Crippen molar-refractivity contribution in [2.24, 2.45) is 0 Å². The first-order valence-corrected chi connectivity index (χ1v) is 12.3. The molecule has 0 aliphatic carbocycles. The minimum atomic E-state index is -0.561. The van der Waals surface area contributed by atoms with Crippen molar-refractivity contribution in [1.29, 1.82) is 0 Å². The van der Waals surface area contributed by atoms with Crippen LogP contribution >= 0.6 is 0 Å². The fraction of sp³-hybridized carbons (Fsp3) is 0.241. The zero-order valence-corrected chi connectivity index (χ0v) is 21.9. The summed E-state index contributed by atoms with van der Waals surface area (Å²) in [6, 6.07) is 21.5. The lowest BCUT2D eigenvalue weighted by atomic mass is 10.1. The highest BCUT2D eigenvalue weighted by atomic mass is 16.2. The molecule has 4 rings (SSSR count). The van der Waals surface area contributed by atoms with Gasteiger partial charge in [-0.15, -0.1) is 0 Å².